The Morgan fingerprint density at radius 3 is 3.00 bits per heavy atom. The van der Waals surface area contributed by atoms with Gasteiger partial charge in [0.05, 0.1) is 0 Å². The largest absolute Gasteiger partial charge is 0.359 e. The molecular formula is C8H13N3S. The number of hydrogen-bond donors (Lipinski definition) is 2. The Kier molecular flexibility index (Phi) is 2.28. The zero-order chi connectivity index (χ0) is 8.39. The molecule has 2 rings (SSSR count). The van der Waals surface area contributed by atoms with Crippen molar-refractivity contribution in [2.24, 2.45) is 5.73 Å². The third-order valence-corrected chi connectivity index (χ3v) is 3.14. The Bertz CT molecular complexity index is 255. The molecule has 0 amide bonds. The minimum absolute atomic E-state index is 0.601. The fourth-order valence-electron chi connectivity index (χ4n) is 1.20. The number of rotatable bonds is 3. The monoisotopic (exact) mass is 183 g/mol. The summed E-state index contributed by atoms with van der Waals surface area (Å²) in [5.41, 5.74) is 5.48. The van der Waals surface area contributed by atoms with Crippen molar-refractivity contribution in [3.05, 3.63) is 11.1 Å². The average Bonchev–Trinajstić information content (AvgIpc) is 2.44. The van der Waals surface area contributed by atoms with Gasteiger partial charge in [0.1, 0.15) is 0 Å². The lowest BCUT2D eigenvalue weighted by Gasteiger charge is -2.25. The number of nitrogens with zero attached hydrogens (tertiary/aromatic N) is 1. The first kappa shape index (κ1) is 8.01. The van der Waals surface area contributed by atoms with Crippen molar-refractivity contribution in [1.29, 1.82) is 0 Å². The van der Waals surface area contributed by atoms with Gasteiger partial charge in [-0.05, 0) is 19.3 Å². The first-order valence-electron chi connectivity index (χ1n) is 4.30. The van der Waals surface area contributed by atoms with Crippen LogP contribution < -0.4 is 11.1 Å². The number of hydrogen-bond acceptors (Lipinski definition) is 4. The summed E-state index contributed by atoms with van der Waals surface area (Å²) in [6, 6.07) is 0.668. The van der Waals surface area contributed by atoms with E-state index < -0.39 is 0 Å². The molecule has 12 heavy (non-hydrogen) atoms. The number of nitrogens with two attached hydrogens (primary N) is 1. The number of anilines is 1. The second-order valence-electron chi connectivity index (χ2n) is 3.11. The van der Waals surface area contributed by atoms with E-state index >= 15 is 0 Å². The summed E-state index contributed by atoms with van der Waals surface area (Å²) in [4.78, 5) is 5.39. The van der Waals surface area contributed by atoms with Gasteiger partial charge in [-0.2, -0.15) is 0 Å². The predicted molar refractivity (Wildman–Crippen MR) is 51.3 cm³/mol. The smallest absolute Gasteiger partial charge is 0.183 e. The Morgan fingerprint density at radius 1 is 1.67 bits per heavy atom. The first-order chi connectivity index (χ1) is 5.88. The molecule has 1 aromatic heterocycles. The second kappa shape index (κ2) is 3.41. The van der Waals surface area contributed by atoms with Crippen molar-refractivity contribution in [2.75, 3.05) is 5.32 Å². The third kappa shape index (κ3) is 1.59. The maximum atomic E-state index is 5.48. The van der Waals surface area contributed by atoms with E-state index in [-0.39, 0.29) is 0 Å². The topological polar surface area (TPSA) is 50.9 Å². The summed E-state index contributed by atoms with van der Waals surface area (Å²) in [7, 11) is 0. The molecule has 1 aromatic rings. The zero-order valence-corrected chi connectivity index (χ0v) is 7.73. The van der Waals surface area contributed by atoms with Gasteiger partial charge in [-0.25, -0.2) is 4.98 Å². The molecule has 66 valence electrons. The second-order valence-corrected chi connectivity index (χ2v) is 4.22. The molecule has 0 bridgehead atoms. The molecule has 0 atom stereocenters. The van der Waals surface area contributed by atoms with Gasteiger partial charge in [0, 0.05) is 23.7 Å². The lowest BCUT2D eigenvalue weighted by molar-refractivity contribution is 0.445. The number of aromatic nitrogens is 1. The van der Waals surface area contributed by atoms with Crippen LogP contribution in [0.1, 0.15) is 24.1 Å². The highest BCUT2D eigenvalue weighted by Crippen LogP contribution is 2.25. The molecule has 0 saturated heterocycles. The van der Waals surface area contributed by atoms with E-state index in [1.807, 2.05) is 6.20 Å². The molecule has 0 unspecified atom stereocenters. The van der Waals surface area contributed by atoms with Crippen LogP contribution in [0.25, 0.3) is 0 Å². The molecule has 1 fully saturated rings. The van der Waals surface area contributed by atoms with Crippen molar-refractivity contribution in [2.45, 2.75) is 31.8 Å². The van der Waals surface area contributed by atoms with E-state index in [0.717, 1.165) is 10.0 Å². The minimum atomic E-state index is 0.601. The van der Waals surface area contributed by atoms with Crippen LogP contribution in [-0.4, -0.2) is 11.0 Å². The highest BCUT2D eigenvalue weighted by Gasteiger charge is 2.17. The van der Waals surface area contributed by atoms with E-state index in [1.165, 1.54) is 19.3 Å². The Morgan fingerprint density at radius 2 is 2.50 bits per heavy atom. The van der Waals surface area contributed by atoms with Crippen molar-refractivity contribution in [3.8, 4) is 0 Å². The summed E-state index contributed by atoms with van der Waals surface area (Å²) < 4.78 is 0. The fourth-order valence-corrected chi connectivity index (χ4v) is 1.96. The SMILES string of the molecule is NCc1cnc(NC2CCC2)s1. The van der Waals surface area contributed by atoms with Crippen LogP contribution in [0.2, 0.25) is 0 Å². The number of nitrogens with one attached hydrogen (secondary N) is 1. The molecule has 1 aliphatic carbocycles. The fraction of sp³-hybridized carbons (Fsp3) is 0.625. The minimum Gasteiger partial charge on any atom is -0.359 e. The Balaban J connectivity index is 1.93. The molecule has 0 aromatic carbocycles. The number of thiazole rings is 1. The van der Waals surface area contributed by atoms with Crippen LogP contribution in [0.3, 0.4) is 0 Å². The van der Waals surface area contributed by atoms with Gasteiger partial charge < -0.3 is 11.1 Å². The van der Waals surface area contributed by atoms with Gasteiger partial charge >= 0.3 is 0 Å². The average molecular weight is 183 g/mol. The molecular weight excluding hydrogens is 170 g/mol. The molecule has 1 aliphatic rings. The zero-order valence-electron chi connectivity index (χ0n) is 6.92. The Labute approximate surface area is 76.0 Å². The van der Waals surface area contributed by atoms with Gasteiger partial charge in [0.25, 0.3) is 0 Å². The molecule has 1 heterocycles. The third-order valence-electron chi connectivity index (χ3n) is 2.19. The van der Waals surface area contributed by atoms with Crippen LogP contribution in [0.15, 0.2) is 6.20 Å². The summed E-state index contributed by atoms with van der Waals surface area (Å²) in [6.45, 7) is 0.601. The van der Waals surface area contributed by atoms with Crippen molar-refractivity contribution < 1.29 is 0 Å². The van der Waals surface area contributed by atoms with E-state index in [9.17, 15) is 0 Å². The van der Waals surface area contributed by atoms with E-state index in [2.05, 4.69) is 10.3 Å². The molecule has 4 heteroatoms. The molecule has 0 radical (unpaired) electrons. The maximum Gasteiger partial charge on any atom is 0.183 e. The molecule has 0 aliphatic heterocycles. The molecule has 0 spiro atoms. The maximum absolute atomic E-state index is 5.48. The molecule has 3 N–H and O–H groups in total. The molecule has 3 nitrogen and oxygen atoms in total. The van der Waals surface area contributed by atoms with Crippen molar-refractivity contribution >= 4 is 16.5 Å². The lowest BCUT2D eigenvalue weighted by atomic mass is 9.93. The molecule has 1 saturated carbocycles. The van der Waals surface area contributed by atoms with E-state index in [0.29, 0.717) is 12.6 Å². The van der Waals surface area contributed by atoms with Crippen LogP contribution in [0.5, 0.6) is 0 Å². The summed E-state index contributed by atoms with van der Waals surface area (Å²) in [5, 5.41) is 4.41. The van der Waals surface area contributed by atoms with Crippen LogP contribution >= 0.6 is 11.3 Å². The van der Waals surface area contributed by atoms with Gasteiger partial charge in [-0.1, -0.05) is 0 Å². The standard InChI is InChI=1S/C8H13N3S/c9-4-7-5-10-8(12-7)11-6-2-1-3-6/h5-6H,1-4,9H2,(H,10,11). The Hall–Kier alpha value is -0.610. The van der Waals surface area contributed by atoms with Crippen LogP contribution in [-0.2, 0) is 6.54 Å². The van der Waals surface area contributed by atoms with Gasteiger partial charge in [-0.15, -0.1) is 11.3 Å². The highest BCUT2D eigenvalue weighted by atomic mass is 32.1. The highest BCUT2D eigenvalue weighted by molar-refractivity contribution is 7.15. The lowest BCUT2D eigenvalue weighted by Crippen LogP contribution is -2.26. The first-order valence-corrected chi connectivity index (χ1v) is 5.11. The normalized spacial score (nSPS) is 17.4. The summed E-state index contributed by atoms with van der Waals surface area (Å²) >= 11 is 1.66. The summed E-state index contributed by atoms with van der Waals surface area (Å²) in [5.74, 6) is 0. The van der Waals surface area contributed by atoms with E-state index in [4.69, 9.17) is 5.73 Å². The van der Waals surface area contributed by atoms with Crippen molar-refractivity contribution in [3.63, 3.8) is 0 Å². The van der Waals surface area contributed by atoms with Gasteiger partial charge in [0.2, 0.25) is 0 Å². The van der Waals surface area contributed by atoms with Crippen LogP contribution in [0.4, 0.5) is 5.13 Å². The quantitative estimate of drug-likeness (QED) is 0.747. The van der Waals surface area contributed by atoms with E-state index in [1.54, 1.807) is 11.3 Å². The summed E-state index contributed by atoms with van der Waals surface area (Å²) in [6.07, 6.45) is 5.79. The van der Waals surface area contributed by atoms with Gasteiger partial charge in [-0.3, -0.25) is 0 Å². The van der Waals surface area contributed by atoms with Gasteiger partial charge in [0.15, 0.2) is 5.13 Å². The van der Waals surface area contributed by atoms with Crippen LogP contribution in [0, 0.1) is 0 Å². The predicted octanol–water partition coefficient (Wildman–Crippen LogP) is 1.57. The van der Waals surface area contributed by atoms with Crippen molar-refractivity contribution in [1.82, 2.24) is 4.98 Å².